The normalized spacial score (nSPS) is 12.7. The third-order valence-corrected chi connectivity index (χ3v) is 6.22. The molecule has 0 radical (unpaired) electrons. The molecule has 0 aliphatic rings. The first kappa shape index (κ1) is 27.2. The van der Waals surface area contributed by atoms with E-state index in [4.69, 9.17) is 9.05 Å². The SMILES string of the molecule is O=C(C(=Cc1ccc(Br)cc1)c1ccccc1)c1ccc(OP(=O)(O)Oc2ccccc2)cc1.[H-].[Na+]. The maximum Gasteiger partial charge on any atom is 1.00 e. The van der Waals surface area contributed by atoms with E-state index >= 15 is 0 Å². The van der Waals surface area contributed by atoms with Crippen LogP contribution in [0.3, 0.4) is 0 Å². The summed E-state index contributed by atoms with van der Waals surface area (Å²) in [5.74, 6) is 0.135. The van der Waals surface area contributed by atoms with E-state index in [1.54, 1.807) is 42.5 Å². The molecule has 0 aliphatic carbocycles. The number of phosphoric acid groups is 1. The average Bonchev–Trinajstić information content (AvgIpc) is 2.84. The fourth-order valence-electron chi connectivity index (χ4n) is 3.21. The molecule has 5 nitrogen and oxygen atoms in total. The molecule has 0 aliphatic heterocycles. The van der Waals surface area contributed by atoms with Gasteiger partial charge in [0.2, 0.25) is 0 Å². The van der Waals surface area contributed by atoms with Crippen LogP contribution in [0.4, 0.5) is 0 Å². The number of carbonyl (C=O) groups excluding carboxylic acids is 1. The van der Waals surface area contributed by atoms with Gasteiger partial charge < -0.3 is 10.5 Å². The van der Waals surface area contributed by atoms with E-state index in [1.165, 1.54) is 12.1 Å². The van der Waals surface area contributed by atoms with Gasteiger partial charge in [-0.25, -0.2) is 4.57 Å². The van der Waals surface area contributed by atoms with E-state index in [2.05, 4.69) is 15.9 Å². The van der Waals surface area contributed by atoms with E-state index in [1.807, 2.05) is 60.7 Å². The van der Waals surface area contributed by atoms with Crippen molar-refractivity contribution in [2.75, 3.05) is 0 Å². The van der Waals surface area contributed by atoms with Gasteiger partial charge in [0.1, 0.15) is 11.5 Å². The standard InChI is InChI=1S/C27H20BrO5P.Na.H/c28-23-15-11-20(12-16-23)19-26(21-7-3-1-4-8-21)27(29)22-13-17-25(18-14-22)33-34(30,31)32-24-9-5-2-6-10-24;;/h1-19H,(H,30,31);;/q;+1;-1. The van der Waals surface area contributed by atoms with Crippen LogP contribution < -0.4 is 38.6 Å². The van der Waals surface area contributed by atoms with Crippen molar-refractivity contribution in [3.8, 4) is 11.5 Å². The van der Waals surface area contributed by atoms with Crippen molar-refractivity contribution in [3.05, 3.63) is 130 Å². The number of allylic oxidation sites excluding steroid dienone is 1. The van der Waals surface area contributed by atoms with E-state index < -0.39 is 7.82 Å². The van der Waals surface area contributed by atoms with Gasteiger partial charge in [-0.3, -0.25) is 9.69 Å². The second-order valence-corrected chi connectivity index (χ2v) is 9.51. The quantitative estimate of drug-likeness (QED) is 0.113. The van der Waals surface area contributed by atoms with Crippen LogP contribution in [0.15, 0.2) is 114 Å². The molecule has 0 aromatic heterocycles. The van der Waals surface area contributed by atoms with Gasteiger partial charge in [0.15, 0.2) is 5.78 Å². The summed E-state index contributed by atoms with van der Waals surface area (Å²) < 4.78 is 23.5. The van der Waals surface area contributed by atoms with Crippen molar-refractivity contribution in [1.82, 2.24) is 0 Å². The Morgan fingerprint density at radius 2 is 1.26 bits per heavy atom. The van der Waals surface area contributed by atoms with E-state index in [-0.39, 0.29) is 48.3 Å². The Labute approximate surface area is 236 Å². The van der Waals surface area contributed by atoms with Gasteiger partial charge in [-0.15, -0.1) is 0 Å². The number of halogens is 1. The Morgan fingerprint density at radius 1 is 0.743 bits per heavy atom. The fourth-order valence-corrected chi connectivity index (χ4v) is 4.29. The van der Waals surface area contributed by atoms with Crippen LogP contribution in [0.25, 0.3) is 11.6 Å². The molecule has 0 amide bonds. The van der Waals surface area contributed by atoms with Crippen LogP contribution in [0.1, 0.15) is 22.9 Å². The molecule has 0 spiro atoms. The molecule has 0 bridgehead atoms. The summed E-state index contributed by atoms with van der Waals surface area (Å²) in [6.07, 6.45) is 1.84. The summed E-state index contributed by atoms with van der Waals surface area (Å²) in [5.41, 5.74) is 2.61. The molecule has 35 heavy (non-hydrogen) atoms. The summed E-state index contributed by atoms with van der Waals surface area (Å²) in [6.45, 7) is 0. The fraction of sp³-hybridized carbons (Fsp3) is 0. The first-order chi connectivity index (χ1) is 16.4. The average molecular weight is 559 g/mol. The Kier molecular flexibility index (Phi) is 9.70. The zero-order valence-corrected chi connectivity index (χ0v) is 23.4. The molecule has 4 aromatic rings. The molecule has 4 aromatic carbocycles. The topological polar surface area (TPSA) is 72.8 Å². The monoisotopic (exact) mass is 558 g/mol. The maximum absolute atomic E-state index is 13.4. The summed E-state index contributed by atoms with van der Waals surface area (Å²) in [7, 11) is -4.39. The summed E-state index contributed by atoms with van der Waals surface area (Å²) >= 11 is 3.42. The van der Waals surface area contributed by atoms with Gasteiger partial charge in [0.05, 0.1) is 0 Å². The molecule has 0 saturated carbocycles. The van der Waals surface area contributed by atoms with Crippen LogP contribution in [-0.2, 0) is 4.57 Å². The first-order valence-corrected chi connectivity index (χ1v) is 12.6. The molecule has 8 heteroatoms. The maximum atomic E-state index is 13.4. The van der Waals surface area contributed by atoms with Crippen molar-refractivity contribution in [3.63, 3.8) is 0 Å². The predicted octanol–water partition coefficient (Wildman–Crippen LogP) is 4.55. The number of Topliss-reactive ketones (excluding diaryl/α,β-unsaturated/α-hetero) is 1. The number of benzene rings is 4. The van der Waals surface area contributed by atoms with Gasteiger partial charge in [-0.05, 0) is 65.7 Å². The molecule has 1 unspecified atom stereocenters. The number of carbonyl (C=O) groups is 1. The number of para-hydroxylation sites is 1. The molecule has 4 rings (SSSR count). The minimum absolute atomic E-state index is 0. The smallest absolute Gasteiger partial charge is 1.00 e. The molecule has 172 valence electrons. The van der Waals surface area contributed by atoms with Crippen LogP contribution in [0.2, 0.25) is 0 Å². The number of ketones is 1. The predicted molar refractivity (Wildman–Crippen MR) is 138 cm³/mol. The molecule has 1 atom stereocenters. The van der Waals surface area contributed by atoms with Crippen molar-refractivity contribution >= 4 is 41.2 Å². The minimum Gasteiger partial charge on any atom is -1.00 e. The third-order valence-electron chi connectivity index (χ3n) is 4.81. The second kappa shape index (κ2) is 12.5. The van der Waals surface area contributed by atoms with Crippen molar-refractivity contribution in [1.29, 1.82) is 0 Å². The van der Waals surface area contributed by atoms with Gasteiger partial charge in [0, 0.05) is 15.6 Å². The summed E-state index contributed by atoms with van der Waals surface area (Å²) in [5, 5.41) is 0. The zero-order valence-electron chi connectivity index (χ0n) is 19.9. The Bertz CT molecular complexity index is 1350. The van der Waals surface area contributed by atoms with Crippen LogP contribution >= 0.6 is 23.8 Å². The van der Waals surface area contributed by atoms with Crippen molar-refractivity contribution in [2.45, 2.75) is 0 Å². The third kappa shape index (κ3) is 7.77. The van der Waals surface area contributed by atoms with E-state index in [0.29, 0.717) is 11.1 Å². The molecule has 1 N–H and O–H groups in total. The number of phosphoric ester groups is 1. The molecule has 0 heterocycles. The Balaban J connectivity index is 0.00000228. The minimum atomic E-state index is -4.39. The van der Waals surface area contributed by atoms with Crippen LogP contribution in [0.5, 0.6) is 11.5 Å². The Hall–Kier alpha value is -2.44. The second-order valence-electron chi connectivity index (χ2n) is 7.29. The molecular weight excluding hydrogens is 538 g/mol. The number of hydrogen-bond acceptors (Lipinski definition) is 4. The van der Waals surface area contributed by atoms with Gasteiger partial charge >= 0.3 is 37.4 Å². The van der Waals surface area contributed by atoms with Gasteiger partial charge in [-0.2, -0.15) is 0 Å². The largest absolute Gasteiger partial charge is 1.00 e. The molecule has 0 saturated heterocycles. The van der Waals surface area contributed by atoms with Crippen LogP contribution in [-0.4, -0.2) is 10.7 Å². The Morgan fingerprint density at radius 3 is 1.83 bits per heavy atom. The van der Waals surface area contributed by atoms with Crippen LogP contribution in [0, 0.1) is 0 Å². The summed E-state index contributed by atoms with van der Waals surface area (Å²) in [6, 6.07) is 31.3. The van der Waals surface area contributed by atoms with Gasteiger partial charge in [-0.1, -0.05) is 76.6 Å². The number of rotatable bonds is 8. The van der Waals surface area contributed by atoms with Crippen molar-refractivity contribution < 1.29 is 54.3 Å². The first-order valence-electron chi connectivity index (χ1n) is 10.3. The van der Waals surface area contributed by atoms with E-state index in [9.17, 15) is 14.3 Å². The van der Waals surface area contributed by atoms with Gasteiger partial charge in [0.25, 0.3) is 0 Å². The van der Waals surface area contributed by atoms with E-state index in [0.717, 1.165) is 15.6 Å². The summed E-state index contributed by atoms with van der Waals surface area (Å²) in [4.78, 5) is 23.5. The number of hydrogen-bond donors (Lipinski definition) is 1. The van der Waals surface area contributed by atoms with Crippen molar-refractivity contribution in [2.24, 2.45) is 0 Å². The molecule has 0 fully saturated rings. The zero-order chi connectivity index (χ0) is 24.0. The molecular formula is C27H21BrNaO5P.